The van der Waals surface area contributed by atoms with Crippen molar-refractivity contribution in [3.63, 3.8) is 0 Å². The summed E-state index contributed by atoms with van der Waals surface area (Å²) in [6.07, 6.45) is 1.69. The molecule has 2 aromatic carbocycles. The van der Waals surface area contributed by atoms with Crippen LogP contribution in [0.15, 0.2) is 78.6 Å². The van der Waals surface area contributed by atoms with Gasteiger partial charge in [-0.2, -0.15) is 0 Å². The van der Waals surface area contributed by atoms with Gasteiger partial charge < -0.3 is 14.8 Å². The summed E-state index contributed by atoms with van der Waals surface area (Å²) in [5.74, 6) is 0.403. The lowest BCUT2D eigenvalue weighted by Gasteiger charge is -2.15. The minimum absolute atomic E-state index is 0.0536. The van der Waals surface area contributed by atoms with Crippen LogP contribution in [-0.4, -0.2) is 34.9 Å². The van der Waals surface area contributed by atoms with Crippen molar-refractivity contribution >= 4 is 23.1 Å². The monoisotopic (exact) mass is 443 g/mol. The predicted molar refractivity (Wildman–Crippen MR) is 126 cm³/mol. The first-order chi connectivity index (χ1) is 16.0. The zero-order chi connectivity index (χ0) is 23.4. The van der Waals surface area contributed by atoms with Gasteiger partial charge in [0.05, 0.1) is 31.0 Å². The Bertz CT molecular complexity index is 1190. The number of hydrogen-bond donors (Lipinski definition) is 1. The molecule has 4 rings (SSSR count). The largest absolute Gasteiger partial charge is 0.496 e. The number of carbonyl (C=O) groups is 2. The molecule has 33 heavy (non-hydrogen) atoms. The number of carbonyl (C=O) groups excluding carboxylic acids is 2. The van der Waals surface area contributed by atoms with E-state index in [1.54, 1.807) is 36.5 Å². The third-order valence-electron chi connectivity index (χ3n) is 5.09. The van der Waals surface area contributed by atoms with Gasteiger partial charge in [-0.05, 0) is 56.3 Å². The second-order valence-corrected chi connectivity index (χ2v) is 7.78. The Morgan fingerprint density at radius 1 is 0.939 bits per heavy atom. The molecule has 1 aliphatic heterocycles. The highest BCUT2D eigenvalue weighted by molar-refractivity contribution is 6.36. The lowest BCUT2D eigenvalue weighted by Crippen LogP contribution is -2.32. The van der Waals surface area contributed by atoms with Gasteiger partial charge in [-0.15, -0.1) is 0 Å². The number of amides is 2. The molecule has 0 saturated heterocycles. The summed E-state index contributed by atoms with van der Waals surface area (Å²) >= 11 is 0. The Balaban J connectivity index is 1.72. The number of ether oxygens (including phenoxy) is 2. The van der Waals surface area contributed by atoms with Gasteiger partial charge >= 0.3 is 0 Å². The average molecular weight is 444 g/mol. The molecule has 0 spiro atoms. The second-order valence-electron chi connectivity index (χ2n) is 7.78. The molecule has 0 radical (unpaired) electrons. The zero-order valence-electron chi connectivity index (χ0n) is 18.7. The average Bonchev–Trinajstić information content (AvgIpc) is 3.04. The maximum absolute atomic E-state index is 13.5. The lowest BCUT2D eigenvalue weighted by atomic mass is 10.0. The van der Waals surface area contributed by atoms with Gasteiger partial charge in [0.2, 0.25) is 0 Å². The number of nitrogens with zero attached hydrogens (tertiary/aromatic N) is 2. The van der Waals surface area contributed by atoms with Crippen LogP contribution in [0.4, 0.5) is 5.69 Å². The molecule has 0 atom stereocenters. The van der Waals surface area contributed by atoms with Gasteiger partial charge in [0.1, 0.15) is 17.2 Å². The van der Waals surface area contributed by atoms with Crippen LogP contribution in [0.1, 0.15) is 25.1 Å². The second kappa shape index (κ2) is 9.56. The first-order valence-corrected chi connectivity index (χ1v) is 10.7. The molecule has 7 nitrogen and oxygen atoms in total. The van der Waals surface area contributed by atoms with E-state index in [2.05, 4.69) is 10.3 Å². The molecule has 2 amide bonds. The number of pyridine rings is 1. The van der Waals surface area contributed by atoms with Gasteiger partial charge in [-0.25, -0.2) is 0 Å². The number of nitrogens with one attached hydrogen (secondary N) is 1. The Labute approximate surface area is 192 Å². The maximum atomic E-state index is 13.5. The van der Waals surface area contributed by atoms with E-state index in [9.17, 15) is 9.59 Å². The van der Waals surface area contributed by atoms with E-state index in [-0.39, 0.29) is 23.9 Å². The van der Waals surface area contributed by atoms with Gasteiger partial charge in [0.15, 0.2) is 0 Å². The number of anilines is 1. The third-order valence-corrected chi connectivity index (χ3v) is 5.09. The summed E-state index contributed by atoms with van der Waals surface area (Å²) in [5.41, 5.74) is 2.28. The molecule has 7 heteroatoms. The minimum atomic E-state index is -0.422. The number of rotatable bonds is 8. The van der Waals surface area contributed by atoms with Crippen LogP contribution in [0.5, 0.6) is 11.5 Å². The molecule has 2 heterocycles. The summed E-state index contributed by atoms with van der Waals surface area (Å²) in [4.78, 5) is 32.3. The smallest absolute Gasteiger partial charge is 0.278 e. The lowest BCUT2D eigenvalue weighted by molar-refractivity contribution is -0.137. The minimum Gasteiger partial charge on any atom is -0.496 e. The number of para-hydroxylation sites is 1. The van der Waals surface area contributed by atoms with Crippen LogP contribution in [0.2, 0.25) is 0 Å². The van der Waals surface area contributed by atoms with Crippen LogP contribution in [0.3, 0.4) is 0 Å². The highest BCUT2D eigenvalue weighted by Crippen LogP contribution is 2.36. The van der Waals surface area contributed by atoms with Gasteiger partial charge in [-0.1, -0.05) is 24.3 Å². The molecule has 1 aliphatic rings. The topological polar surface area (TPSA) is 80.8 Å². The van der Waals surface area contributed by atoms with Crippen LogP contribution in [-0.2, 0) is 16.1 Å². The van der Waals surface area contributed by atoms with Crippen LogP contribution < -0.4 is 14.8 Å². The van der Waals surface area contributed by atoms with Crippen LogP contribution in [0, 0.1) is 0 Å². The summed E-state index contributed by atoms with van der Waals surface area (Å²) in [6, 6.07) is 19.8. The van der Waals surface area contributed by atoms with Gasteiger partial charge in [0.25, 0.3) is 11.8 Å². The van der Waals surface area contributed by atoms with E-state index in [4.69, 9.17) is 9.47 Å². The van der Waals surface area contributed by atoms with Crippen molar-refractivity contribution in [3.8, 4) is 11.5 Å². The number of aromatic nitrogens is 1. The molecule has 1 N–H and O–H groups in total. The summed E-state index contributed by atoms with van der Waals surface area (Å²) in [5, 5.41) is 3.15. The van der Waals surface area contributed by atoms with Crippen molar-refractivity contribution < 1.29 is 19.1 Å². The van der Waals surface area contributed by atoms with Crippen molar-refractivity contribution in [2.24, 2.45) is 0 Å². The van der Waals surface area contributed by atoms with Crippen LogP contribution in [0.25, 0.3) is 5.57 Å². The summed E-state index contributed by atoms with van der Waals surface area (Å²) in [6.45, 7) is 3.98. The molecule has 0 fully saturated rings. The number of methoxy groups -OCH3 is 1. The Morgan fingerprint density at radius 2 is 1.67 bits per heavy atom. The normalized spacial score (nSPS) is 13.6. The molecule has 3 aromatic rings. The van der Waals surface area contributed by atoms with E-state index < -0.39 is 11.8 Å². The fourth-order valence-corrected chi connectivity index (χ4v) is 3.62. The quantitative estimate of drug-likeness (QED) is 0.524. The standard InChI is InChI=1S/C26H25N3O4/c1-17(2)33-20-13-11-18(12-14-20)28-24-23(21-9-4-5-10-22(21)32-3)25(30)29(26(24)31)16-19-8-6-7-15-27-19/h4-15,17,28H,16H2,1-3H3. The van der Waals surface area contributed by atoms with Crippen molar-refractivity contribution in [1.82, 2.24) is 9.88 Å². The van der Waals surface area contributed by atoms with Gasteiger partial charge in [0, 0.05) is 17.4 Å². The van der Waals surface area contributed by atoms with E-state index in [0.717, 1.165) is 5.75 Å². The predicted octanol–water partition coefficient (Wildman–Crippen LogP) is 4.27. The van der Waals surface area contributed by atoms with E-state index in [1.165, 1.54) is 12.0 Å². The third kappa shape index (κ3) is 4.72. The van der Waals surface area contributed by atoms with Crippen molar-refractivity contribution in [2.75, 3.05) is 12.4 Å². The molecular formula is C26H25N3O4. The maximum Gasteiger partial charge on any atom is 0.278 e. The van der Waals surface area contributed by atoms with Crippen LogP contribution >= 0.6 is 0 Å². The number of imide groups is 1. The first kappa shape index (κ1) is 22.1. The number of benzene rings is 2. The molecule has 1 aromatic heterocycles. The molecule has 0 bridgehead atoms. The van der Waals surface area contributed by atoms with Crippen molar-refractivity contribution in [1.29, 1.82) is 0 Å². The number of hydrogen-bond acceptors (Lipinski definition) is 6. The van der Waals surface area contributed by atoms with Crippen molar-refractivity contribution in [2.45, 2.75) is 26.5 Å². The van der Waals surface area contributed by atoms with Crippen molar-refractivity contribution in [3.05, 3.63) is 89.9 Å². The Morgan fingerprint density at radius 3 is 2.33 bits per heavy atom. The van der Waals surface area contributed by atoms with Gasteiger partial charge in [-0.3, -0.25) is 19.5 Å². The molecular weight excluding hydrogens is 418 g/mol. The van der Waals surface area contributed by atoms with E-state index in [0.29, 0.717) is 22.7 Å². The zero-order valence-corrected chi connectivity index (χ0v) is 18.7. The molecule has 0 aliphatic carbocycles. The highest BCUT2D eigenvalue weighted by atomic mass is 16.5. The fraction of sp³-hybridized carbons (Fsp3) is 0.192. The Hall–Kier alpha value is -4.13. The fourth-order valence-electron chi connectivity index (χ4n) is 3.62. The summed E-state index contributed by atoms with van der Waals surface area (Å²) in [7, 11) is 1.53. The van der Waals surface area contributed by atoms with E-state index in [1.807, 2.05) is 50.2 Å². The molecule has 0 saturated carbocycles. The molecule has 168 valence electrons. The SMILES string of the molecule is COc1ccccc1C1=C(Nc2ccc(OC(C)C)cc2)C(=O)N(Cc2ccccn2)C1=O. The highest BCUT2D eigenvalue weighted by Gasteiger charge is 2.40. The Kier molecular flexibility index (Phi) is 6.40. The molecule has 0 unspecified atom stereocenters. The van der Waals surface area contributed by atoms with E-state index >= 15 is 0 Å². The first-order valence-electron chi connectivity index (χ1n) is 10.7. The summed E-state index contributed by atoms with van der Waals surface area (Å²) < 4.78 is 11.2.